The van der Waals surface area contributed by atoms with E-state index in [4.69, 9.17) is 10.7 Å². The van der Waals surface area contributed by atoms with E-state index in [9.17, 15) is 0 Å². The number of benzene rings is 1. The average molecular weight is 250 g/mol. The van der Waals surface area contributed by atoms with E-state index in [1.54, 1.807) is 0 Å². The van der Waals surface area contributed by atoms with Gasteiger partial charge in [0, 0.05) is 12.5 Å². The smallest absolute Gasteiger partial charge is 0.0677 e. The molecule has 96 valence electrons. The van der Waals surface area contributed by atoms with Gasteiger partial charge in [-0.05, 0) is 30.1 Å². The van der Waals surface area contributed by atoms with Gasteiger partial charge in [0.2, 0.25) is 0 Å². The number of nitrogens with zero attached hydrogens (tertiary/aromatic N) is 1. The zero-order valence-electron chi connectivity index (χ0n) is 10.9. The molecule has 0 saturated heterocycles. The van der Waals surface area contributed by atoms with Gasteiger partial charge in [0.15, 0.2) is 0 Å². The Labute approximate surface area is 114 Å². The van der Waals surface area contributed by atoms with E-state index in [-0.39, 0.29) is 6.04 Å². The first-order valence-corrected chi connectivity index (χ1v) is 6.80. The molecule has 1 aliphatic heterocycles. The Morgan fingerprint density at radius 3 is 2.68 bits per heavy atom. The highest BCUT2D eigenvalue weighted by atomic mass is 14.8. The van der Waals surface area contributed by atoms with Crippen LogP contribution in [0.3, 0.4) is 0 Å². The van der Waals surface area contributed by atoms with Crippen LogP contribution < -0.4 is 5.73 Å². The molecule has 2 nitrogen and oxygen atoms in total. The summed E-state index contributed by atoms with van der Waals surface area (Å²) in [6.45, 7) is 0. The highest BCUT2D eigenvalue weighted by Gasteiger charge is 2.16. The van der Waals surface area contributed by atoms with Crippen molar-refractivity contribution >= 4 is 5.71 Å². The van der Waals surface area contributed by atoms with Gasteiger partial charge in [-0.3, -0.25) is 4.99 Å². The molecular weight excluding hydrogens is 232 g/mol. The molecular formula is C17H18N2. The number of allylic oxidation sites excluding steroid dienone is 3. The third-order valence-corrected chi connectivity index (χ3v) is 3.45. The lowest BCUT2D eigenvalue weighted by Gasteiger charge is -2.19. The van der Waals surface area contributed by atoms with Crippen molar-refractivity contribution < 1.29 is 0 Å². The lowest BCUT2D eigenvalue weighted by molar-refractivity contribution is 0.832. The molecule has 0 saturated carbocycles. The first kappa shape index (κ1) is 12.1. The number of rotatable bonds is 2. The maximum Gasteiger partial charge on any atom is 0.0677 e. The van der Waals surface area contributed by atoms with Gasteiger partial charge in [-0.15, -0.1) is 0 Å². The van der Waals surface area contributed by atoms with E-state index >= 15 is 0 Å². The molecule has 19 heavy (non-hydrogen) atoms. The van der Waals surface area contributed by atoms with E-state index in [1.807, 2.05) is 18.2 Å². The zero-order valence-corrected chi connectivity index (χ0v) is 10.9. The van der Waals surface area contributed by atoms with Crippen LogP contribution in [-0.2, 0) is 0 Å². The van der Waals surface area contributed by atoms with Gasteiger partial charge in [-0.1, -0.05) is 48.6 Å². The van der Waals surface area contributed by atoms with E-state index in [0.29, 0.717) is 0 Å². The minimum atomic E-state index is 0.0546. The fourth-order valence-electron chi connectivity index (χ4n) is 2.49. The Morgan fingerprint density at radius 2 is 1.95 bits per heavy atom. The summed E-state index contributed by atoms with van der Waals surface area (Å²) in [5.74, 6) is 0. The monoisotopic (exact) mass is 250 g/mol. The maximum atomic E-state index is 6.15. The van der Waals surface area contributed by atoms with Gasteiger partial charge in [0.1, 0.15) is 0 Å². The summed E-state index contributed by atoms with van der Waals surface area (Å²) in [4.78, 5) is 4.80. The fourth-order valence-corrected chi connectivity index (χ4v) is 2.49. The van der Waals surface area contributed by atoms with Crippen LogP contribution in [0.4, 0.5) is 0 Å². The molecule has 1 aliphatic carbocycles. The summed E-state index contributed by atoms with van der Waals surface area (Å²) < 4.78 is 0. The van der Waals surface area contributed by atoms with Crippen molar-refractivity contribution in [1.82, 2.24) is 0 Å². The molecule has 0 radical (unpaired) electrons. The Balaban J connectivity index is 1.95. The molecule has 3 rings (SSSR count). The Hall–Kier alpha value is -1.93. The van der Waals surface area contributed by atoms with Gasteiger partial charge in [0.25, 0.3) is 0 Å². The third-order valence-electron chi connectivity index (χ3n) is 3.45. The molecule has 1 heterocycles. The third kappa shape index (κ3) is 2.74. The van der Waals surface area contributed by atoms with E-state index in [1.165, 1.54) is 11.1 Å². The van der Waals surface area contributed by atoms with Crippen molar-refractivity contribution in [1.29, 1.82) is 0 Å². The fraction of sp³-hybridized carbons (Fsp3) is 0.235. The second-order valence-electron chi connectivity index (χ2n) is 4.98. The summed E-state index contributed by atoms with van der Waals surface area (Å²) in [7, 11) is 0. The lowest BCUT2D eigenvalue weighted by atomic mass is 9.96. The van der Waals surface area contributed by atoms with Crippen LogP contribution in [-0.4, -0.2) is 11.8 Å². The zero-order chi connectivity index (χ0) is 13.1. The maximum absolute atomic E-state index is 6.15. The van der Waals surface area contributed by atoms with Gasteiger partial charge in [0.05, 0.1) is 11.4 Å². The van der Waals surface area contributed by atoms with Crippen molar-refractivity contribution in [3.8, 4) is 0 Å². The Bertz CT molecular complexity index is 577. The summed E-state index contributed by atoms with van der Waals surface area (Å²) >= 11 is 0. The van der Waals surface area contributed by atoms with Crippen molar-refractivity contribution in [2.75, 3.05) is 0 Å². The van der Waals surface area contributed by atoms with Gasteiger partial charge < -0.3 is 5.73 Å². The van der Waals surface area contributed by atoms with Gasteiger partial charge in [-0.2, -0.15) is 0 Å². The molecule has 0 aromatic heterocycles. The highest BCUT2D eigenvalue weighted by Crippen LogP contribution is 2.24. The molecule has 1 aromatic rings. The van der Waals surface area contributed by atoms with Crippen LogP contribution in [0.2, 0.25) is 0 Å². The molecule has 0 spiro atoms. The first-order chi connectivity index (χ1) is 9.33. The van der Waals surface area contributed by atoms with Crippen LogP contribution in [0.25, 0.3) is 0 Å². The minimum absolute atomic E-state index is 0.0546. The quantitative estimate of drug-likeness (QED) is 0.858. The van der Waals surface area contributed by atoms with E-state index in [2.05, 4.69) is 36.4 Å². The summed E-state index contributed by atoms with van der Waals surface area (Å²) in [5, 5.41) is 0. The number of hydrogen-bond acceptors (Lipinski definition) is 2. The largest absolute Gasteiger partial charge is 0.324 e. The van der Waals surface area contributed by atoms with E-state index < -0.39 is 0 Å². The molecule has 1 unspecified atom stereocenters. The Morgan fingerprint density at radius 1 is 1.11 bits per heavy atom. The first-order valence-electron chi connectivity index (χ1n) is 6.80. The summed E-state index contributed by atoms with van der Waals surface area (Å²) in [5.41, 5.74) is 10.6. The topological polar surface area (TPSA) is 38.4 Å². The molecule has 0 amide bonds. The minimum Gasteiger partial charge on any atom is -0.324 e. The predicted molar refractivity (Wildman–Crippen MR) is 80.1 cm³/mol. The molecule has 2 aliphatic rings. The van der Waals surface area contributed by atoms with Crippen LogP contribution in [0.1, 0.15) is 24.8 Å². The molecule has 1 atom stereocenters. The molecule has 0 fully saturated rings. The highest BCUT2D eigenvalue weighted by molar-refractivity contribution is 6.02. The van der Waals surface area contributed by atoms with Gasteiger partial charge in [-0.25, -0.2) is 0 Å². The van der Waals surface area contributed by atoms with E-state index in [0.717, 1.165) is 30.7 Å². The van der Waals surface area contributed by atoms with Crippen LogP contribution >= 0.6 is 0 Å². The number of nitrogens with two attached hydrogens (primary N) is 1. The molecule has 2 N–H and O–H groups in total. The average Bonchev–Trinajstić information content (AvgIpc) is 2.48. The van der Waals surface area contributed by atoms with Crippen molar-refractivity contribution in [2.24, 2.45) is 10.7 Å². The van der Waals surface area contributed by atoms with Crippen LogP contribution in [0, 0.1) is 0 Å². The normalized spacial score (nSPS) is 22.6. The number of aliphatic imine (C=N–C) groups is 1. The van der Waals surface area contributed by atoms with Crippen LogP contribution in [0.5, 0.6) is 0 Å². The second-order valence-corrected chi connectivity index (χ2v) is 4.98. The number of hydrogen-bond donors (Lipinski definition) is 1. The molecule has 0 bridgehead atoms. The van der Waals surface area contributed by atoms with Gasteiger partial charge >= 0.3 is 0 Å². The summed E-state index contributed by atoms with van der Waals surface area (Å²) in [6.07, 6.45) is 11.7. The van der Waals surface area contributed by atoms with Crippen LogP contribution in [0.15, 0.2) is 70.9 Å². The van der Waals surface area contributed by atoms with Crippen molar-refractivity contribution in [3.05, 3.63) is 71.5 Å². The molecule has 2 heteroatoms. The van der Waals surface area contributed by atoms with Crippen molar-refractivity contribution in [2.45, 2.75) is 25.3 Å². The van der Waals surface area contributed by atoms with Crippen molar-refractivity contribution in [3.63, 3.8) is 0 Å². The summed E-state index contributed by atoms with van der Waals surface area (Å²) in [6, 6.07) is 10.4. The Kier molecular flexibility index (Phi) is 3.43. The lowest BCUT2D eigenvalue weighted by Crippen LogP contribution is -2.25. The second kappa shape index (κ2) is 5.37. The molecule has 1 aromatic carbocycles. The SMILES string of the molecule is NC1C=C(C2=CCCC=C2)N=C(c2ccccc2)C1. The standard InChI is InChI=1S/C17H18N2/c18-15-11-16(13-7-3-1-4-8-13)19-17(12-15)14-9-5-2-6-10-14/h1,3-5,7-10,12,15H,2,6,11,18H2. The predicted octanol–water partition coefficient (Wildman–Crippen LogP) is 3.37.